The van der Waals surface area contributed by atoms with Gasteiger partial charge in [0, 0.05) is 32.2 Å². The van der Waals surface area contributed by atoms with Crippen molar-refractivity contribution < 1.29 is 8.85 Å². The molecular weight excluding hydrogens is 232 g/mol. The lowest BCUT2D eigenvalue weighted by Gasteiger charge is -2.28. The molecule has 0 atom stereocenters. The predicted octanol–water partition coefficient (Wildman–Crippen LogP) is 2.81. The molecule has 1 aromatic rings. The number of imidazole rings is 1. The Balaban J connectivity index is 2.42. The summed E-state index contributed by atoms with van der Waals surface area (Å²) < 4.78 is 14.0. The van der Waals surface area contributed by atoms with Crippen LogP contribution >= 0.6 is 0 Å². The zero-order valence-electron chi connectivity index (χ0n) is 11.2. The van der Waals surface area contributed by atoms with Crippen LogP contribution in [0.1, 0.15) is 27.2 Å². The van der Waals surface area contributed by atoms with Crippen LogP contribution in [0.2, 0.25) is 12.1 Å². The van der Waals surface area contributed by atoms with E-state index in [0.29, 0.717) is 0 Å². The number of hydrogen-bond donors (Lipinski definition) is 0. The fourth-order valence-corrected chi connectivity index (χ4v) is 4.93. The van der Waals surface area contributed by atoms with Crippen molar-refractivity contribution in [1.82, 2.24) is 9.55 Å². The first-order valence-corrected chi connectivity index (χ1v) is 8.73. The highest BCUT2D eigenvalue weighted by atomic mass is 28.4. The minimum Gasteiger partial charge on any atom is -0.394 e. The molecule has 0 unspecified atom stereocenters. The Morgan fingerprint density at radius 1 is 1.18 bits per heavy atom. The summed E-state index contributed by atoms with van der Waals surface area (Å²) in [6.07, 6.45) is 6.76. The zero-order chi connectivity index (χ0) is 12.6. The lowest BCUT2D eigenvalue weighted by atomic mass is 10.5. The lowest BCUT2D eigenvalue weighted by molar-refractivity contribution is 0.182. The van der Waals surface area contributed by atoms with Crippen molar-refractivity contribution in [2.45, 2.75) is 45.8 Å². The molecule has 1 rings (SSSR count). The van der Waals surface area contributed by atoms with Crippen molar-refractivity contribution >= 4 is 8.56 Å². The molecule has 0 aliphatic heterocycles. The average molecular weight is 256 g/mol. The van der Waals surface area contributed by atoms with Gasteiger partial charge in [0.15, 0.2) is 0 Å². The average Bonchev–Trinajstić information content (AvgIpc) is 2.82. The second-order valence-electron chi connectivity index (χ2n) is 4.03. The topological polar surface area (TPSA) is 36.3 Å². The van der Waals surface area contributed by atoms with Gasteiger partial charge in [-0.25, -0.2) is 4.98 Å². The number of aryl methyl sites for hydroxylation is 1. The Labute approximate surface area is 105 Å². The summed E-state index contributed by atoms with van der Waals surface area (Å²) in [6, 6.07) is 2.09. The van der Waals surface area contributed by atoms with Crippen LogP contribution in [-0.2, 0) is 15.4 Å². The highest BCUT2D eigenvalue weighted by Gasteiger charge is 2.34. The fraction of sp³-hybridized carbons (Fsp3) is 0.750. The molecule has 0 fully saturated rings. The van der Waals surface area contributed by atoms with E-state index in [1.54, 1.807) is 0 Å². The maximum Gasteiger partial charge on any atom is 0.337 e. The summed E-state index contributed by atoms with van der Waals surface area (Å²) in [5.74, 6) is 0. The number of nitrogens with zero attached hydrogens (tertiary/aromatic N) is 2. The second kappa shape index (κ2) is 7.63. The van der Waals surface area contributed by atoms with E-state index < -0.39 is 8.56 Å². The summed E-state index contributed by atoms with van der Waals surface area (Å²) in [4.78, 5) is 4.04. The molecule has 1 aromatic heterocycles. The molecule has 17 heavy (non-hydrogen) atoms. The maximum absolute atomic E-state index is 5.93. The molecule has 98 valence electrons. The molecule has 0 spiro atoms. The minimum absolute atomic E-state index is 0.755. The van der Waals surface area contributed by atoms with Crippen LogP contribution in [-0.4, -0.2) is 31.3 Å². The molecule has 0 saturated carbocycles. The summed E-state index contributed by atoms with van der Waals surface area (Å²) >= 11 is 0. The van der Waals surface area contributed by atoms with Gasteiger partial charge in [0.05, 0.1) is 6.33 Å². The first-order valence-electron chi connectivity index (χ1n) is 6.50. The highest BCUT2D eigenvalue weighted by molar-refractivity contribution is 6.67. The first kappa shape index (κ1) is 14.4. The molecule has 0 aliphatic rings. The number of hydrogen-bond acceptors (Lipinski definition) is 3. The Morgan fingerprint density at radius 3 is 2.35 bits per heavy atom. The third-order valence-electron chi connectivity index (χ3n) is 2.89. The molecule has 5 heteroatoms. The van der Waals surface area contributed by atoms with Gasteiger partial charge in [-0.1, -0.05) is 6.92 Å². The maximum atomic E-state index is 5.93. The molecule has 0 aliphatic carbocycles. The standard InChI is InChI=1S/C12H24N2O2Si/c1-4-15-17(6-3,16-5-2)11-7-9-14-10-8-13-12-14/h8,10,12H,4-7,9,11H2,1-3H3. The van der Waals surface area contributed by atoms with E-state index in [9.17, 15) is 0 Å². The monoisotopic (exact) mass is 256 g/mol. The third kappa shape index (κ3) is 4.61. The molecular formula is C12H24N2O2Si. The van der Waals surface area contributed by atoms with E-state index in [1.807, 2.05) is 32.6 Å². The van der Waals surface area contributed by atoms with Gasteiger partial charge < -0.3 is 13.4 Å². The molecule has 0 bridgehead atoms. The predicted molar refractivity (Wildman–Crippen MR) is 71.1 cm³/mol. The minimum atomic E-state index is -1.94. The van der Waals surface area contributed by atoms with Crippen LogP contribution in [0.15, 0.2) is 18.7 Å². The van der Waals surface area contributed by atoms with E-state index >= 15 is 0 Å². The van der Waals surface area contributed by atoms with Gasteiger partial charge in [-0.2, -0.15) is 0 Å². The summed E-state index contributed by atoms with van der Waals surface area (Å²) in [6.45, 7) is 8.78. The van der Waals surface area contributed by atoms with Gasteiger partial charge >= 0.3 is 8.56 Å². The third-order valence-corrected chi connectivity index (χ3v) is 6.71. The first-order chi connectivity index (χ1) is 8.26. The van der Waals surface area contributed by atoms with E-state index in [-0.39, 0.29) is 0 Å². The molecule has 0 saturated heterocycles. The van der Waals surface area contributed by atoms with Crippen LogP contribution in [0.3, 0.4) is 0 Å². The van der Waals surface area contributed by atoms with Crippen LogP contribution in [0.25, 0.3) is 0 Å². The second-order valence-corrected chi connectivity index (χ2v) is 7.64. The number of rotatable bonds is 9. The van der Waals surface area contributed by atoms with Gasteiger partial charge in [-0.3, -0.25) is 0 Å². The van der Waals surface area contributed by atoms with Crippen LogP contribution in [0.4, 0.5) is 0 Å². The summed E-state index contributed by atoms with van der Waals surface area (Å²) in [7, 11) is -1.94. The SMILES string of the molecule is CCO[Si](CC)(CCCn1ccnc1)OCC. The van der Waals surface area contributed by atoms with Gasteiger partial charge in [0.1, 0.15) is 0 Å². The van der Waals surface area contributed by atoms with Crippen molar-refractivity contribution in [3.63, 3.8) is 0 Å². The van der Waals surface area contributed by atoms with Crippen LogP contribution in [0, 0.1) is 0 Å². The Kier molecular flexibility index (Phi) is 6.47. The van der Waals surface area contributed by atoms with Gasteiger partial charge in [0.25, 0.3) is 0 Å². The van der Waals surface area contributed by atoms with Crippen molar-refractivity contribution in [3.8, 4) is 0 Å². The van der Waals surface area contributed by atoms with Crippen molar-refractivity contribution in [2.75, 3.05) is 13.2 Å². The number of aromatic nitrogens is 2. The van der Waals surface area contributed by atoms with Crippen molar-refractivity contribution in [1.29, 1.82) is 0 Å². The van der Waals surface area contributed by atoms with Gasteiger partial charge in [-0.05, 0) is 32.4 Å². The Morgan fingerprint density at radius 2 is 1.88 bits per heavy atom. The van der Waals surface area contributed by atoms with E-state index in [1.165, 1.54) is 0 Å². The highest BCUT2D eigenvalue weighted by Crippen LogP contribution is 2.21. The summed E-state index contributed by atoms with van der Waals surface area (Å²) in [5, 5.41) is 0. The molecule has 1 heterocycles. The molecule has 0 N–H and O–H groups in total. The summed E-state index contributed by atoms with van der Waals surface area (Å²) in [5.41, 5.74) is 0. The normalized spacial score (nSPS) is 11.9. The molecule has 4 nitrogen and oxygen atoms in total. The van der Waals surface area contributed by atoms with E-state index in [0.717, 1.165) is 38.3 Å². The van der Waals surface area contributed by atoms with Crippen molar-refractivity contribution in [2.24, 2.45) is 0 Å². The van der Waals surface area contributed by atoms with E-state index in [4.69, 9.17) is 8.85 Å². The Bertz CT molecular complexity index is 285. The van der Waals surface area contributed by atoms with Crippen LogP contribution in [0.5, 0.6) is 0 Å². The molecule has 0 radical (unpaired) electrons. The Hall–Kier alpha value is -0.653. The fourth-order valence-electron chi connectivity index (χ4n) is 2.04. The quantitative estimate of drug-likeness (QED) is 0.637. The van der Waals surface area contributed by atoms with E-state index in [2.05, 4.69) is 16.5 Å². The molecule has 0 amide bonds. The largest absolute Gasteiger partial charge is 0.394 e. The zero-order valence-corrected chi connectivity index (χ0v) is 12.2. The van der Waals surface area contributed by atoms with Gasteiger partial charge in [0.2, 0.25) is 0 Å². The lowest BCUT2D eigenvalue weighted by Crippen LogP contribution is -2.41. The van der Waals surface area contributed by atoms with Crippen molar-refractivity contribution in [3.05, 3.63) is 18.7 Å². The van der Waals surface area contributed by atoms with Crippen LogP contribution < -0.4 is 0 Å². The molecule has 0 aromatic carbocycles. The van der Waals surface area contributed by atoms with Gasteiger partial charge in [-0.15, -0.1) is 0 Å². The smallest absolute Gasteiger partial charge is 0.337 e.